The fraction of sp³-hybridized carbons (Fsp3) is 0.375. The molecule has 1 unspecified atom stereocenters. The van der Waals surface area contributed by atoms with E-state index in [-0.39, 0.29) is 5.69 Å². The first-order valence-corrected chi connectivity index (χ1v) is 4.43. The van der Waals surface area contributed by atoms with Gasteiger partial charge < -0.3 is 5.73 Å². The van der Waals surface area contributed by atoms with Gasteiger partial charge in [0.15, 0.2) is 0 Å². The van der Waals surface area contributed by atoms with Crippen molar-refractivity contribution < 1.29 is 8.78 Å². The van der Waals surface area contributed by atoms with Gasteiger partial charge >= 0.3 is 0 Å². The number of nitrogens with zero attached hydrogens (tertiary/aromatic N) is 1. The van der Waals surface area contributed by atoms with Gasteiger partial charge in [0.25, 0.3) is 6.43 Å². The normalized spacial score (nSPS) is 15.8. The molecular formula is C8H9BrF2N2. The molecule has 0 aliphatic carbocycles. The largest absolute Gasteiger partial charge is 0.316 e. The van der Waals surface area contributed by atoms with Gasteiger partial charge in [-0.15, -0.1) is 0 Å². The average Bonchev–Trinajstić information content (AvgIpc) is 2.04. The van der Waals surface area contributed by atoms with Gasteiger partial charge in [-0.05, 0) is 35.0 Å². The molecule has 13 heavy (non-hydrogen) atoms. The number of hydrogen-bond acceptors (Lipinski definition) is 2. The maximum atomic E-state index is 12.5. The van der Waals surface area contributed by atoms with E-state index in [1.165, 1.54) is 13.1 Å². The van der Waals surface area contributed by atoms with E-state index in [0.29, 0.717) is 4.47 Å². The van der Waals surface area contributed by atoms with Crippen molar-refractivity contribution in [3.05, 3.63) is 28.5 Å². The van der Waals surface area contributed by atoms with Gasteiger partial charge in [0.1, 0.15) is 5.54 Å². The number of halogens is 3. The lowest BCUT2D eigenvalue weighted by Crippen LogP contribution is -2.41. The summed E-state index contributed by atoms with van der Waals surface area (Å²) in [6, 6.07) is 3.28. The molecule has 0 saturated carbocycles. The summed E-state index contributed by atoms with van der Waals surface area (Å²) >= 11 is 3.12. The van der Waals surface area contributed by atoms with Crippen molar-refractivity contribution in [3.8, 4) is 0 Å². The molecule has 0 bridgehead atoms. The van der Waals surface area contributed by atoms with E-state index in [1.807, 2.05) is 0 Å². The highest BCUT2D eigenvalue weighted by Crippen LogP contribution is 2.28. The van der Waals surface area contributed by atoms with Gasteiger partial charge in [0.05, 0.1) is 5.69 Å². The molecule has 0 saturated heterocycles. The minimum atomic E-state index is -2.64. The molecule has 1 rings (SSSR count). The van der Waals surface area contributed by atoms with E-state index in [9.17, 15) is 8.78 Å². The highest BCUT2D eigenvalue weighted by molar-refractivity contribution is 9.10. The highest BCUT2D eigenvalue weighted by atomic mass is 79.9. The number of aromatic nitrogens is 1. The predicted molar refractivity (Wildman–Crippen MR) is 49.5 cm³/mol. The van der Waals surface area contributed by atoms with E-state index in [1.54, 1.807) is 12.1 Å². The Morgan fingerprint density at radius 3 is 2.69 bits per heavy atom. The minimum Gasteiger partial charge on any atom is -0.316 e. The Balaban J connectivity index is 3.14. The van der Waals surface area contributed by atoms with Crippen LogP contribution in [0.3, 0.4) is 0 Å². The fourth-order valence-corrected chi connectivity index (χ4v) is 1.57. The number of hydrogen-bond donors (Lipinski definition) is 1. The molecule has 2 nitrogen and oxygen atoms in total. The summed E-state index contributed by atoms with van der Waals surface area (Å²) in [6.07, 6.45) is -1.20. The predicted octanol–water partition coefficient (Wildman–Crippen LogP) is 2.28. The van der Waals surface area contributed by atoms with Gasteiger partial charge in [0, 0.05) is 10.7 Å². The first-order chi connectivity index (χ1) is 5.96. The van der Waals surface area contributed by atoms with Crippen LogP contribution in [0.2, 0.25) is 0 Å². The molecule has 72 valence electrons. The Morgan fingerprint density at radius 2 is 2.23 bits per heavy atom. The summed E-state index contributed by atoms with van der Waals surface area (Å²) in [6.45, 7) is 1.25. The molecule has 1 atom stereocenters. The van der Waals surface area contributed by atoms with Gasteiger partial charge in [-0.3, -0.25) is 4.98 Å². The molecule has 1 aromatic rings. The molecule has 1 aromatic heterocycles. The minimum absolute atomic E-state index is 0.171. The van der Waals surface area contributed by atoms with Crippen LogP contribution in [0.4, 0.5) is 8.78 Å². The van der Waals surface area contributed by atoms with Crippen molar-refractivity contribution in [1.82, 2.24) is 4.98 Å². The van der Waals surface area contributed by atoms with Crippen LogP contribution in [0.1, 0.15) is 12.6 Å². The van der Waals surface area contributed by atoms with Gasteiger partial charge in [0.2, 0.25) is 0 Å². The highest BCUT2D eigenvalue weighted by Gasteiger charge is 2.35. The van der Waals surface area contributed by atoms with E-state index >= 15 is 0 Å². The third-order valence-electron chi connectivity index (χ3n) is 1.72. The summed E-state index contributed by atoms with van der Waals surface area (Å²) in [5.41, 5.74) is 3.90. The van der Waals surface area contributed by atoms with E-state index < -0.39 is 12.0 Å². The first kappa shape index (κ1) is 10.5. The van der Waals surface area contributed by atoms with Crippen molar-refractivity contribution in [3.63, 3.8) is 0 Å². The summed E-state index contributed by atoms with van der Waals surface area (Å²) in [5.74, 6) is 0. The van der Waals surface area contributed by atoms with Gasteiger partial charge in [-0.2, -0.15) is 0 Å². The molecule has 0 fully saturated rings. The first-order valence-electron chi connectivity index (χ1n) is 3.64. The Hall–Kier alpha value is -0.550. The van der Waals surface area contributed by atoms with Crippen LogP contribution < -0.4 is 5.73 Å². The van der Waals surface area contributed by atoms with Crippen LogP contribution in [0.25, 0.3) is 0 Å². The van der Waals surface area contributed by atoms with E-state index in [0.717, 1.165) is 0 Å². The maximum Gasteiger partial charge on any atom is 0.261 e. The van der Waals surface area contributed by atoms with Crippen LogP contribution >= 0.6 is 15.9 Å². The number of alkyl halides is 2. The van der Waals surface area contributed by atoms with Crippen LogP contribution in [-0.4, -0.2) is 11.4 Å². The quantitative estimate of drug-likeness (QED) is 0.875. The molecule has 0 aliphatic heterocycles. The summed E-state index contributed by atoms with van der Waals surface area (Å²) in [7, 11) is 0. The summed E-state index contributed by atoms with van der Waals surface area (Å²) in [5, 5.41) is 0. The van der Waals surface area contributed by atoms with Crippen LogP contribution in [-0.2, 0) is 5.54 Å². The van der Waals surface area contributed by atoms with Crippen molar-refractivity contribution in [2.45, 2.75) is 18.9 Å². The fourth-order valence-electron chi connectivity index (χ4n) is 0.885. The van der Waals surface area contributed by atoms with Crippen molar-refractivity contribution in [2.24, 2.45) is 5.73 Å². The Bertz CT molecular complexity index is 302. The van der Waals surface area contributed by atoms with Crippen molar-refractivity contribution >= 4 is 15.9 Å². The second-order valence-electron chi connectivity index (χ2n) is 2.92. The maximum absolute atomic E-state index is 12.5. The third kappa shape index (κ3) is 2.03. The van der Waals surface area contributed by atoms with E-state index in [4.69, 9.17) is 5.73 Å². The molecule has 2 N–H and O–H groups in total. The lowest BCUT2D eigenvalue weighted by molar-refractivity contribution is 0.0597. The zero-order chi connectivity index (χ0) is 10.1. The molecule has 0 aromatic carbocycles. The molecule has 0 radical (unpaired) electrons. The Kier molecular flexibility index (Phi) is 2.98. The Labute approximate surface area is 83.3 Å². The zero-order valence-electron chi connectivity index (χ0n) is 6.97. The molecule has 5 heteroatoms. The summed E-state index contributed by atoms with van der Waals surface area (Å²) in [4.78, 5) is 3.82. The van der Waals surface area contributed by atoms with Gasteiger partial charge in [-0.1, -0.05) is 0 Å². The summed E-state index contributed by atoms with van der Waals surface area (Å²) < 4.78 is 25.5. The standard InChI is InChI=1S/C8H9BrF2N2/c1-8(12,7(10)11)6-5(9)3-2-4-13-6/h2-4,7H,12H2,1H3. The molecule has 0 spiro atoms. The average molecular weight is 251 g/mol. The zero-order valence-corrected chi connectivity index (χ0v) is 8.55. The lowest BCUT2D eigenvalue weighted by atomic mass is 9.99. The Morgan fingerprint density at radius 1 is 1.62 bits per heavy atom. The van der Waals surface area contributed by atoms with Crippen LogP contribution in [0.5, 0.6) is 0 Å². The SMILES string of the molecule is CC(N)(c1ncccc1Br)C(F)F. The second-order valence-corrected chi connectivity index (χ2v) is 3.77. The van der Waals surface area contributed by atoms with Crippen LogP contribution in [0.15, 0.2) is 22.8 Å². The van der Waals surface area contributed by atoms with E-state index in [2.05, 4.69) is 20.9 Å². The number of rotatable bonds is 2. The molecular weight excluding hydrogens is 242 g/mol. The van der Waals surface area contributed by atoms with Crippen molar-refractivity contribution in [2.75, 3.05) is 0 Å². The topological polar surface area (TPSA) is 38.9 Å². The lowest BCUT2D eigenvalue weighted by Gasteiger charge is -2.23. The smallest absolute Gasteiger partial charge is 0.261 e. The molecule has 0 amide bonds. The molecule has 1 heterocycles. The second kappa shape index (κ2) is 3.67. The number of nitrogens with two attached hydrogens (primary N) is 1. The van der Waals surface area contributed by atoms with Crippen molar-refractivity contribution in [1.29, 1.82) is 0 Å². The van der Waals surface area contributed by atoms with Crippen LogP contribution in [0, 0.1) is 0 Å². The molecule has 0 aliphatic rings. The third-order valence-corrected chi connectivity index (χ3v) is 2.36. The monoisotopic (exact) mass is 250 g/mol. The van der Waals surface area contributed by atoms with Gasteiger partial charge in [-0.25, -0.2) is 8.78 Å². The number of pyridine rings is 1.